The van der Waals surface area contributed by atoms with Crippen molar-refractivity contribution >= 4 is 11.6 Å². The van der Waals surface area contributed by atoms with E-state index in [0.717, 1.165) is 31.4 Å². The number of nitrogens with one attached hydrogen (secondary N) is 1. The monoisotopic (exact) mass is 287 g/mol. The zero-order chi connectivity index (χ0) is 14.8. The molecule has 1 aliphatic rings. The molecule has 1 aromatic heterocycles. The Labute approximate surface area is 116 Å². The summed E-state index contributed by atoms with van der Waals surface area (Å²) in [4.78, 5) is 3.94. The first-order chi connectivity index (χ1) is 9.35. The highest BCUT2D eigenvalue weighted by Gasteiger charge is 2.33. The Bertz CT molecular complexity index is 465. The second-order valence-corrected chi connectivity index (χ2v) is 5.58. The Morgan fingerprint density at radius 3 is 2.50 bits per heavy atom. The fourth-order valence-electron chi connectivity index (χ4n) is 2.86. The molecule has 20 heavy (non-hydrogen) atoms. The Kier molecular flexibility index (Phi) is 4.11. The van der Waals surface area contributed by atoms with E-state index in [0.29, 0.717) is 6.54 Å². The smallest absolute Gasteiger partial charge is 0.384 e. The molecule has 3 nitrogen and oxygen atoms in total. The van der Waals surface area contributed by atoms with E-state index in [1.807, 2.05) is 0 Å². The maximum atomic E-state index is 12.7. The quantitative estimate of drug-likeness (QED) is 0.877. The minimum Gasteiger partial charge on any atom is -0.384 e. The van der Waals surface area contributed by atoms with Gasteiger partial charge < -0.3 is 11.1 Å². The normalized spacial score (nSPS) is 18.2. The molecule has 2 rings (SSSR count). The maximum Gasteiger partial charge on any atom is 0.416 e. The fourth-order valence-corrected chi connectivity index (χ4v) is 2.86. The molecule has 1 fully saturated rings. The molecule has 0 spiro atoms. The summed E-state index contributed by atoms with van der Waals surface area (Å²) in [5.74, 6) is 0.0938. The molecular weight excluding hydrogens is 267 g/mol. The summed E-state index contributed by atoms with van der Waals surface area (Å²) >= 11 is 0. The number of rotatable bonds is 4. The summed E-state index contributed by atoms with van der Waals surface area (Å²) in [5, 5.41) is 3.04. The van der Waals surface area contributed by atoms with Gasteiger partial charge in [0.2, 0.25) is 0 Å². The van der Waals surface area contributed by atoms with Gasteiger partial charge in [0.15, 0.2) is 0 Å². The molecule has 112 valence electrons. The lowest BCUT2D eigenvalue weighted by atomic mass is 9.83. The van der Waals surface area contributed by atoms with Crippen LogP contribution in [0.2, 0.25) is 0 Å². The lowest BCUT2D eigenvalue weighted by Gasteiger charge is -2.28. The summed E-state index contributed by atoms with van der Waals surface area (Å²) < 4.78 is 38.2. The van der Waals surface area contributed by atoms with E-state index in [1.165, 1.54) is 12.8 Å². The number of hydrogen-bond acceptors (Lipinski definition) is 3. The number of nitrogen functional groups attached to an aromatic ring is 1. The van der Waals surface area contributed by atoms with Gasteiger partial charge in [0.05, 0.1) is 5.56 Å². The van der Waals surface area contributed by atoms with Crippen molar-refractivity contribution in [3.8, 4) is 0 Å². The van der Waals surface area contributed by atoms with Gasteiger partial charge in [0, 0.05) is 6.54 Å². The Balaban J connectivity index is 2.11. The van der Waals surface area contributed by atoms with Gasteiger partial charge in [-0.25, -0.2) is 4.98 Å². The summed E-state index contributed by atoms with van der Waals surface area (Å²) in [6, 6.07) is 1.88. The molecule has 0 amide bonds. The van der Waals surface area contributed by atoms with Crippen LogP contribution in [0.3, 0.4) is 0 Å². The molecule has 1 aliphatic carbocycles. The van der Waals surface area contributed by atoms with Crippen LogP contribution >= 0.6 is 0 Å². The highest BCUT2D eigenvalue weighted by Crippen LogP contribution is 2.41. The second-order valence-electron chi connectivity index (χ2n) is 5.58. The first kappa shape index (κ1) is 14.9. The highest BCUT2D eigenvalue weighted by molar-refractivity contribution is 5.47. The van der Waals surface area contributed by atoms with Crippen molar-refractivity contribution < 1.29 is 13.2 Å². The van der Waals surface area contributed by atoms with Gasteiger partial charge in [-0.1, -0.05) is 19.8 Å². The zero-order valence-electron chi connectivity index (χ0n) is 11.6. The van der Waals surface area contributed by atoms with E-state index in [1.54, 1.807) is 0 Å². The molecule has 0 aromatic carbocycles. The number of nitrogens with zero attached hydrogens (tertiary/aromatic N) is 1. The van der Waals surface area contributed by atoms with E-state index in [-0.39, 0.29) is 17.1 Å². The van der Waals surface area contributed by atoms with Crippen LogP contribution in [0.15, 0.2) is 12.1 Å². The molecule has 1 heterocycles. The van der Waals surface area contributed by atoms with Gasteiger partial charge in [-0.2, -0.15) is 13.2 Å². The number of anilines is 2. The molecular formula is C14H20F3N3. The topological polar surface area (TPSA) is 50.9 Å². The van der Waals surface area contributed by atoms with Crippen LogP contribution in [0.1, 0.15) is 44.6 Å². The van der Waals surface area contributed by atoms with Gasteiger partial charge in [-0.15, -0.1) is 0 Å². The van der Waals surface area contributed by atoms with Gasteiger partial charge >= 0.3 is 6.18 Å². The van der Waals surface area contributed by atoms with Crippen LogP contribution in [-0.4, -0.2) is 11.5 Å². The molecule has 6 heteroatoms. The van der Waals surface area contributed by atoms with Gasteiger partial charge in [-0.05, 0) is 36.8 Å². The average molecular weight is 287 g/mol. The minimum absolute atomic E-state index is 0.112. The molecule has 0 bridgehead atoms. The first-order valence-electron chi connectivity index (χ1n) is 6.93. The molecule has 0 unspecified atom stereocenters. The standard InChI is InChI=1S/C14H20F3N3/c1-2-13(5-3-4-6-13)9-19-12-8-10(14(15,16)17)7-11(18)20-12/h7-8H,2-6,9H2,1H3,(H3,18,19,20). The van der Waals surface area contributed by atoms with Gasteiger partial charge in [0.25, 0.3) is 0 Å². The van der Waals surface area contributed by atoms with Crippen molar-refractivity contribution in [2.75, 3.05) is 17.6 Å². The molecule has 0 atom stereocenters. The zero-order valence-corrected chi connectivity index (χ0v) is 11.6. The van der Waals surface area contributed by atoms with E-state index in [9.17, 15) is 13.2 Å². The van der Waals surface area contributed by atoms with Crippen molar-refractivity contribution in [2.24, 2.45) is 5.41 Å². The third kappa shape index (κ3) is 3.35. The maximum absolute atomic E-state index is 12.7. The molecule has 1 saturated carbocycles. The van der Waals surface area contributed by atoms with Crippen molar-refractivity contribution in [2.45, 2.75) is 45.2 Å². The summed E-state index contributed by atoms with van der Waals surface area (Å²) in [6.45, 7) is 2.78. The Hall–Kier alpha value is -1.46. The number of nitrogens with two attached hydrogens (primary N) is 1. The molecule has 0 saturated heterocycles. The van der Waals surface area contributed by atoms with Crippen molar-refractivity contribution in [3.05, 3.63) is 17.7 Å². The van der Waals surface area contributed by atoms with Crippen molar-refractivity contribution in [3.63, 3.8) is 0 Å². The average Bonchev–Trinajstić information content (AvgIpc) is 2.84. The molecule has 0 aliphatic heterocycles. The number of halogens is 3. The van der Waals surface area contributed by atoms with Crippen molar-refractivity contribution in [1.29, 1.82) is 0 Å². The number of pyridine rings is 1. The van der Waals surface area contributed by atoms with Crippen LogP contribution in [-0.2, 0) is 6.18 Å². The highest BCUT2D eigenvalue weighted by atomic mass is 19.4. The SMILES string of the molecule is CCC1(CNc2cc(C(F)(F)F)cc(N)n2)CCCC1. The van der Waals surface area contributed by atoms with E-state index in [2.05, 4.69) is 17.2 Å². The van der Waals surface area contributed by atoms with Crippen LogP contribution in [0.4, 0.5) is 24.8 Å². The fraction of sp³-hybridized carbons (Fsp3) is 0.643. The van der Waals surface area contributed by atoms with Crippen LogP contribution in [0.5, 0.6) is 0 Å². The Morgan fingerprint density at radius 2 is 1.95 bits per heavy atom. The van der Waals surface area contributed by atoms with Crippen molar-refractivity contribution in [1.82, 2.24) is 4.98 Å². The number of hydrogen-bond donors (Lipinski definition) is 2. The summed E-state index contributed by atoms with van der Waals surface area (Å²) in [7, 11) is 0. The van der Waals surface area contributed by atoms with E-state index in [4.69, 9.17) is 5.73 Å². The first-order valence-corrected chi connectivity index (χ1v) is 6.93. The molecule has 0 radical (unpaired) electrons. The largest absolute Gasteiger partial charge is 0.416 e. The number of alkyl halides is 3. The van der Waals surface area contributed by atoms with Crippen LogP contribution < -0.4 is 11.1 Å². The molecule has 1 aromatic rings. The number of aromatic nitrogens is 1. The molecule has 3 N–H and O–H groups in total. The van der Waals surface area contributed by atoms with E-state index >= 15 is 0 Å². The lowest BCUT2D eigenvalue weighted by Crippen LogP contribution is -2.26. The lowest BCUT2D eigenvalue weighted by molar-refractivity contribution is -0.137. The van der Waals surface area contributed by atoms with Gasteiger partial charge in [-0.3, -0.25) is 0 Å². The predicted molar refractivity (Wildman–Crippen MR) is 73.3 cm³/mol. The Morgan fingerprint density at radius 1 is 1.30 bits per heavy atom. The third-order valence-corrected chi connectivity index (χ3v) is 4.23. The van der Waals surface area contributed by atoms with E-state index < -0.39 is 11.7 Å². The van der Waals surface area contributed by atoms with Gasteiger partial charge in [0.1, 0.15) is 11.6 Å². The second kappa shape index (κ2) is 5.50. The summed E-state index contributed by atoms with van der Waals surface area (Å²) in [6.07, 6.45) is 1.23. The predicted octanol–water partition coefficient (Wildman–Crippen LogP) is 4.06. The summed E-state index contributed by atoms with van der Waals surface area (Å²) in [5.41, 5.74) is 4.88. The van der Waals surface area contributed by atoms with Crippen LogP contribution in [0, 0.1) is 5.41 Å². The minimum atomic E-state index is -4.40. The van der Waals surface area contributed by atoms with Crippen LogP contribution in [0.25, 0.3) is 0 Å². The third-order valence-electron chi connectivity index (χ3n) is 4.23.